The lowest BCUT2D eigenvalue weighted by atomic mass is 10.1. The first-order valence-corrected chi connectivity index (χ1v) is 5.87. The molecule has 2 rings (SSSR count). The molecule has 0 amide bonds. The lowest BCUT2D eigenvalue weighted by Crippen LogP contribution is -2.02. The van der Waals surface area contributed by atoms with Gasteiger partial charge in [0.15, 0.2) is 0 Å². The predicted octanol–water partition coefficient (Wildman–Crippen LogP) is 4.54. The van der Waals surface area contributed by atoms with Gasteiger partial charge in [0.25, 0.3) is 0 Å². The van der Waals surface area contributed by atoms with Gasteiger partial charge in [0, 0.05) is 17.3 Å². The SMILES string of the molecule is Cc1ccc(F)cc1NCc1cc(F)cc(Cl)c1. The summed E-state index contributed by atoms with van der Waals surface area (Å²) in [4.78, 5) is 0. The standard InChI is InChI=1S/C14H12ClF2N/c1-9-2-3-12(16)7-14(9)18-8-10-4-11(15)6-13(17)5-10/h2-7,18H,8H2,1H3. The summed E-state index contributed by atoms with van der Waals surface area (Å²) in [7, 11) is 0. The Hall–Kier alpha value is -1.61. The van der Waals surface area contributed by atoms with Crippen LogP contribution in [0.25, 0.3) is 0 Å². The molecule has 0 bridgehead atoms. The average Bonchev–Trinajstić information content (AvgIpc) is 2.29. The van der Waals surface area contributed by atoms with Crippen molar-refractivity contribution < 1.29 is 8.78 Å². The topological polar surface area (TPSA) is 12.0 Å². The fourth-order valence-corrected chi connectivity index (χ4v) is 1.94. The van der Waals surface area contributed by atoms with Crippen LogP contribution < -0.4 is 5.32 Å². The first-order valence-electron chi connectivity index (χ1n) is 5.49. The quantitative estimate of drug-likeness (QED) is 0.861. The first-order chi connectivity index (χ1) is 8.54. The van der Waals surface area contributed by atoms with Crippen molar-refractivity contribution in [3.05, 3.63) is 64.2 Å². The predicted molar refractivity (Wildman–Crippen MR) is 69.9 cm³/mol. The highest BCUT2D eigenvalue weighted by molar-refractivity contribution is 6.30. The summed E-state index contributed by atoms with van der Waals surface area (Å²) in [5, 5.41) is 3.41. The van der Waals surface area contributed by atoms with E-state index in [-0.39, 0.29) is 11.6 Å². The molecule has 0 aliphatic rings. The number of rotatable bonds is 3. The molecule has 0 spiro atoms. The number of hydrogen-bond donors (Lipinski definition) is 1. The highest BCUT2D eigenvalue weighted by atomic mass is 35.5. The number of anilines is 1. The van der Waals surface area contributed by atoms with Crippen LogP contribution in [0.1, 0.15) is 11.1 Å². The van der Waals surface area contributed by atoms with E-state index in [0.29, 0.717) is 22.8 Å². The molecule has 0 radical (unpaired) electrons. The minimum absolute atomic E-state index is 0.305. The second-order valence-electron chi connectivity index (χ2n) is 4.09. The van der Waals surface area contributed by atoms with Crippen LogP contribution in [0.15, 0.2) is 36.4 Å². The third-order valence-electron chi connectivity index (χ3n) is 2.60. The van der Waals surface area contributed by atoms with Gasteiger partial charge in [-0.2, -0.15) is 0 Å². The molecule has 0 aromatic heterocycles. The van der Waals surface area contributed by atoms with Crippen LogP contribution in [0.3, 0.4) is 0 Å². The van der Waals surface area contributed by atoms with Gasteiger partial charge in [0.05, 0.1) is 0 Å². The highest BCUT2D eigenvalue weighted by Gasteiger charge is 2.02. The van der Waals surface area contributed by atoms with Crippen molar-refractivity contribution in [1.82, 2.24) is 0 Å². The Balaban J connectivity index is 2.13. The van der Waals surface area contributed by atoms with Gasteiger partial charge in [0.2, 0.25) is 0 Å². The van der Waals surface area contributed by atoms with Crippen LogP contribution >= 0.6 is 11.6 Å². The number of aryl methyl sites for hydroxylation is 1. The summed E-state index contributed by atoms with van der Waals surface area (Å²) >= 11 is 5.76. The van der Waals surface area contributed by atoms with E-state index in [4.69, 9.17) is 11.6 Å². The van der Waals surface area contributed by atoms with E-state index in [1.165, 1.54) is 24.3 Å². The Bertz CT molecular complexity index is 549. The molecule has 94 valence electrons. The van der Waals surface area contributed by atoms with Gasteiger partial charge in [-0.25, -0.2) is 8.78 Å². The van der Waals surface area contributed by atoms with Crippen molar-refractivity contribution in [2.75, 3.05) is 5.32 Å². The largest absolute Gasteiger partial charge is 0.381 e. The molecule has 0 unspecified atom stereocenters. The summed E-state index contributed by atoms with van der Waals surface area (Å²) in [6, 6.07) is 8.82. The summed E-state index contributed by atoms with van der Waals surface area (Å²) in [6.07, 6.45) is 0. The fourth-order valence-electron chi connectivity index (χ4n) is 1.69. The van der Waals surface area contributed by atoms with Crippen LogP contribution in [0.4, 0.5) is 14.5 Å². The van der Waals surface area contributed by atoms with Crippen molar-refractivity contribution in [2.24, 2.45) is 0 Å². The zero-order chi connectivity index (χ0) is 13.1. The Morgan fingerprint density at radius 1 is 1.06 bits per heavy atom. The fraction of sp³-hybridized carbons (Fsp3) is 0.143. The molecule has 2 aromatic rings. The highest BCUT2D eigenvalue weighted by Crippen LogP contribution is 2.19. The molecule has 1 N–H and O–H groups in total. The maximum atomic E-state index is 13.1. The van der Waals surface area contributed by atoms with Crippen LogP contribution in [-0.2, 0) is 6.54 Å². The van der Waals surface area contributed by atoms with Crippen molar-refractivity contribution in [3.63, 3.8) is 0 Å². The van der Waals surface area contributed by atoms with Crippen LogP contribution in [0.5, 0.6) is 0 Å². The first kappa shape index (κ1) is 12.8. The third kappa shape index (κ3) is 3.20. The van der Waals surface area contributed by atoms with Gasteiger partial charge in [-0.05, 0) is 48.4 Å². The zero-order valence-corrected chi connectivity index (χ0v) is 10.6. The number of nitrogens with one attached hydrogen (secondary N) is 1. The van der Waals surface area contributed by atoms with Crippen molar-refractivity contribution >= 4 is 17.3 Å². The van der Waals surface area contributed by atoms with E-state index in [0.717, 1.165) is 5.56 Å². The van der Waals surface area contributed by atoms with Gasteiger partial charge in [-0.1, -0.05) is 17.7 Å². The Kier molecular flexibility index (Phi) is 3.82. The summed E-state index contributed by atoms with van der Waals surface area (Å²) in [5.74, 6) is -0.685. The molecule has 2 aromatic carbocycles. The van der Waals surface area contributed by atoms with Crippen molar-refractivity contribution in [2.45, 2.75) is 13.5 Å². The van der Waals surface area contributed by atoms with Crippen molar-refractivity contribution in [1.29, 1.82) is 0 Å². The Labute approximate surface area is 109 Å². The number of halogens is 3. The second-order valence-corrected chi connectivity index (χ2v) is 4.53. The van der Waals surface area contributed by atoms with Gasteiger partial charge in [-0.3, -0.25) is 0 Å². The molecule has 0 fully saturated rings. The van der Waals surface area contributed by atoms with Crippen LogP contribution in [-0.4, -0.2) is 0 Å². The van der Waals surface area contributed by atoms with E-state index in [9.17, 15) is 8.78 Å². The Morgan fingerprint density at radius 2 is 1.83 bits per heavy atom. The number of hydrogen-bond acceptors (Lipinski definition) is 1. The molecular formula is C14H12ClF2N. The smallest absolute Gasteiger partial charge is 0.125 e. The molecule has 18 heavy (non-hydrogen) atoms. The molecule has 0 aliphatic carbocycles. The van der Waals surface area contributed by atoms with Gasteiger partial charge < -0.3 is 5.32 Å². The molecule has 0 saturated carbocycles. The average molecular weight is 268 g/mol. The Morgan fingerprint density at radius 3 is 2.56 bits per heavy atom. The van der Waals surface area contributed by atoms with Gasteiger partial charge in [-0.15, -0.1) is 0 Å². The summed E-state index contributed by atoms with van der Waals surface area (Å²) < 4.78 is 26.2. The molecule has 1 nitrogen and oxygen atoms in total. The maximum Gasteiger partial charge on any atom is 0.125 e. The molecule has 0 aliphatic heterocycles. The van der Waals surface area contributed by atoms with E-state index in [1.54, 1.807) is 12.1 Å². The van der Waals surface area contributed by atoms with E-state index in [2.05, 4.69) is 5.32 Å². The summed E-state index contributed by atoms with van der Waals surface area (Å²) in [5.41, 5.74) is 2.33. The molecule has 0 atom stereocenters. The normalized spacial score (nSPS) is 10.4. The molecule has 4 heteroatoms. The lowest BCUT2D eigenvalue weighted by molar-refractivity contribution is 0.625. The van der Waals surface area contributed by atoms with Crippen LogP contribution in [0, 0.1) is 18.6 Å². The zero-order valence-electron chi connectivity index (χ0n) is 9.81. The van der Waals surface area contributed by atoms with E-state index < -0.39 is 0 Å². The van der Waals surface area contributed by atoms with Gasteiger partial charge >= 0.3 is 0 Å². The third-order valence-corrected chi connectivity index (χ3v) is 2.82. The summed E-state index contributed by atoms with van der Waals surface area (Å²) in [6.45, 7) is 2.27. The van der Waals surface area contributed by atoms with E-state index in [1.807, 2.05) is 6.92 Å². The molecule has 0 saturated heterocycles. The van der Waals surface area contributed by atoms with E-state index >= 15 is 0 Å². The monoisotopic (exact) mass is 267 g/mol. The second kappa shape index (κ2) is 5.36. The minimum Gasteiger partial charge on any atom is -0.381 e. The minimum atomic E-state index is -0.379. The van der Waals surface area contributed by atoms with Crippen LogP contribution in [0.2, 0.25) is 5.02 Å². The van der Waals surface area contributed by atoms with Gasteiger partial charge in [0.1, 0.15) is 11.6 Å². The molecular weight excluding hydrogens is 256 g/mol. The lowest BCUT2D eigenvalue weighted by Gasteiger charge is -2.10. The maximum absolute atomic E-state index is 13.1. The number of benzene rings is 2. The van der Waals surface area contributed by atoms with Crippen molar-refractivity contribution in [3.8, 4) is 0 Å². The molecule has 0 heterocycles.